The average Bonchev–Trinajstić information content (AvgIpc) is 2.98. The summed E-state index contributed by atoms with van der Waals surface area (Å²) in [5.74, 6) is -0.0396. The van der Waals surface area contributed by atoms with Crippen molar-refractivity contribution in [2.24, 2.45) is 0 Å². The molecule has 0 spiro atoms. The van der Waals surface area contributed by atoms with Gasteiger partial charge in [0.25, 0.3) is 5.91 Å². The number of aromatic amines is 1. The molecule has 0 fully saturated rings. The second kappa shape index (κ2) is 5.81. The van der Waals surface area contributed by atoms with Crippen LogP contribution in [0.25, 0.3) is 0 Å². The van der Waals surface area contributed by atoms with Crippen LogP contribution in [0, 0.1) is 0 Å². The molecular weight excluding hydrogens is 288 g/mol. The molecule has 1 atom stereocenters. The van der Waals surface area contributed by atoms with Crippen LogP contribution in [0.5, 0.6) is 0 Å². The van der Waals surface area contributed by atoms with Gasteiger partial charge in [-0.25, -0.2) is 0 Å². The molecule has 1 aromatic carbocycles. The maximum absolute atomic E-state index is 12.7. The van der Waals surface area contributed by atoms with Crippen LogP contribution in [-0.2, 0) is 25.8 Å². The lowest BCUT2D eigenvalue weighted by Gasteiger charge is -2.26. The smallest absolute Gasteiger partial charge is 0.272 e. The van der Waals surface area contributed by atoms with Crippen LogP contribution in [0.4, 0.5) is 0 Å². The highest BCUT2D eigenvalue weighted by atomic mass is 16.2. The van der Waals surface area contributed by atoms with Gasteiger partial charge in [0.15, 0.2) is 5.69 Å². The van der Waals surface area contributed by atoms with Crippen molar-refractivity contribution in [2.45, 2.75) is 38.3 Å². The number of carbonyl (C=O) groups excluding carboxylic acids is 1. The third-order valence-electron chi connectivity index (χ3n) is 5.02. The lowest BCUT2D eigenvalue weighted by atomic mass is 9.88. The molecule has 2 aromatic rings. The number of carbonyl (C=O) groups is 1. The van der Waals surface area contributed by atoms with E-state index in [1.807, 2.05) is 0 Å². The van der Waals surface area contributed by atoms with E-state index < -0.39 is 0 Å². The number of nitrogens with zero attached hydrogens (tertiary/aromatic N) is 2. The minimum Gasteiger partial charge on any atom is -0.348 e. The van der Waals surface area contributed by atoms with Gasteiger partial charge >= 0.3 is 0 Å². The second-order valence-corrected chi connectivity index (χ2v) is 6.70. The molecule has 1 aliphatic carbocycles. The first-order chi connectivity index (χ1) is 11.2. The number of likely N-dealkylation sites (N-methyl/N-ethyl adjacent to an activating group) is 1. The van der Waals surface area contributed by atoms with E-state index in [1.54, 1.807) is 0 Å². The molecule has 23 heavy (non-hydrogen) atoms. The first kappa shape index (κ1) is 14.5. The highest BCUT2D eigenvalue weighted by Crippen LogP contribution is 2.23. The zero-order valence-corrected chi connectivity index (χ0v) is 13.4. The Labute approximate surface area is 136 Å². The number of fused-ring (bicyclic) bond motifs is 2. The van der Waals surface area contributed by atoms with Crippen LogP contribution in [0.3, 0.4) is 0 Å². The summed E-state index contributed by atoms with van der Waals surface area (Å²) in [6.45, 7) is 1.80. The van der Waals surface area contributed by atoms with Crippen LogP contribution in [-0.4, -0.2) is 40.6 Å². The molecule has 0 radical (unpaired) electrons. The third-order valence-corrected chi connectivity index (χ3v) is 5.02. The van der Waals surface area contributed by atoms with E-state index in [0.717, 1.165) is 50.0 Å². The zero-order valence-electron chi connectivity index (χ0n) is 13.4. The molecule has 1 aromatic heterocycles. The topological polar surface area (TPSA) is 61.0 Å². The molecule has 5 nitrogen and oxygen atoms in total. The van der Waals surface area contributed by atoms with Gasteiger partial charge in [-0.1, -0.05) is 24.3 Å². The normalized spacial score (nSPS) is 20.7. The predicted octanol–water partition coefficient (Wildman–Crippen LogP) is 1.68. The van der Waals surface area contributed by atoms with E-state index in [2.05, 4.69) is 51.7 Å². The van der Waals surface area contributed by atoms with Crippen LogP contribution in [0.1, 0.15) is 39.3 Å². The summed E-state index contributed by atoms with van der Waals surface area (Å²) in [6, 6.07) is 8.71. The fraction of sp³-hybridized carbons (Fsp3) is 0.444. The standard InChI is InChI=1S/C18H22N4O/c1-22-9-8-16-15(11-22)17(21-20-16)18(23)19-14-7-6-12-4-2-3-5-13(12)10-14/h2-5,14H,6-11H2,1H3,(H,19,23)(H,20,21)/t14-/m0/s1. The highest BCUT2D eigenvalue weighted by molar-refractivity contribution is 5.94. The third kappa shape index (κ3) is 2.77. The number of H-pyrrole nitrogens is 1. The fourth-order valence-corrected chi connectivity index (χ4v) is 3.69. The van der Waals surface area contributed by atoms with Crippen LogP contribution in [0.15, 0.2) is 24.3 Å². The van der Waals surface area contributed by atoms with Crippen molar-refractivity contribution in [2.75, 3.05) is 13.6 Å². The summed E-state index contributed by atoms with van der Waals surface area (Å²) in [4.78, 5) is 14.9. The summed E-state index contributed by atoms with van der Waals surface area (Å²) >= 11 is 0. The van der Waals surface area contributed by atoms with Gasteiger partial charge in [-0.3, -0.25) is 9.89 Å². The van der Waals surface area contributed by atoms with E-state index in [4.69, 9.17) is 0 Å². The Morgan fingerprint density at radius 3 is 3.00 bits per heavy atom. The van der Waals surface area contributed by atoms with Crippen molar-refractivity contribution in [3.8, 4) is 0 Å². The summed E-state index contributed by atoms with van der Waals surface area (Å²) < 4.78 is 0. The Hall–Kier alpha value is -2.14. The highest BCUT2D eigenvalue weighted by Gasteiger charge is 2.26. The molecule has 5 heteroatoms. The van der Waals surface area contributed by atoms with Crippen LogP contribution < -0.4 is 5.32 Å². The molecule has 0 bridgehead atoms. The minimum absolute atomic E-state index is 0.0396. The van der Waals surface area contributed by atoms with Gasteiger partial charge in [-0.05, 0) is 37.4 Å². The van der Waals surface area contributed by atoms with E-state index in [0.29, 0.717) is 5.69 Å². The number of benzene rings is 1. The van der Waals surface area contributed by atoms with Gasteiger partial charge in [0, 0.05) is 36.8 Å². The number of hydrogen-bond acceptors (Lipinski definition) is 3. The monoisotopic (exact) mass is 310 g/mol. The second-order valence-electron chi connectivity index (χ2n) is 6.70. The molecule has 1 aliphatic heterocycles. The Morgan fingerprint density at radius 1 is 1.30 bits per heavy atom. The van der Waals surface area contributed by atoms with E-state index in [9.17, 15) is 4.79 Å². The Balaban J connectivity index is 1.48. The maximum atomic E-state index is 12.7. The lowest BCUT2D eigenvalue weighted by Crippen LogP contribution is -2.39. The summed E-state index contributed by atoms with van der Waals surface area (Å²) in [5.41, 5.74) is 5.52. The maximum Gasteiger partial charge on any atom is 0.272 e. The van der Waals surface area contributed by atoms with Gasteiger partial charge in [0.05, 0.1) is 0 Å². The molecule has 4 rings (SSSR count). The molecule has 0 saturated heterocycles. The number of hydrogen-bond donors (Lipinski definition) is 2. The van der Waals surface area contributed by atoms with Gasteiger partial charge in [-0.2, -0.15) is 5.10 Å². The molecule has 2 aliphatic rings. The SMILES string of the molecule is CN1CCc2[nH]nc(C(=O)N[C@H]3CCc4ccccc4C3)c2C1. The predicted molar refractivity (Wildman–Crippen MR) is 88.3 cm³/mol. The number of rotatable bonds is 2. The number of aromatic nitrogens is 2. The van der Waals surface area contributed by atoms with Gasteiger partial charge in [-0.15, -0.1) is 0 Å². The largest absolute Gasteiger partial charge is 0.348 e. The van der Waals surface area contributed by atoms with Crippen molar-refractivity contribution in [3.05, 3.63) is 52.3 Å². The molecule has 0 saturated carbocycles. The van der Waals surface area contributed by atoms with Gasteiger partial charge in [0.2, 0.25) is 0 Å². The van der Waals surface area contributed by atoms with Crippen molar-refractivity contribution in [3.63, 3.8) is 0 Å². The molecule has 120 valence electrons. The Kier molecular flexibility index (Phi) is 3.65. The fourth-order valence-electron chi connectivity index (χ4n) is 3.69. The van der Waals surface area contributed by atoms with E-state index >= 15 is 0 Å². The van der Waals surface area contributed by atoms with Crippen LogP contribution >= 0.6 is 0 Å². The van der Waals surface area contributed by atoms with Gasteiger partial charge < -0.3 is 10.2 Å². The molecule has 2 heterocycles. The molecule has 0 unspecified atom stereocenters. The summed E-state index contributed by atoms with van der Waals surface area (Å²) in [6.07, 6.45) is 3.87. The lowest BCUT2D eigenvalue weighted by molar-refractivity contribution is 0.0926. The number of aryl methyl sites for hydroxylation is 1. The minimum atomic E-state index is -0.0396. The van der Waals surface area contributed by atoms with E-state index in [-0.39, 0.29) is 11.9 Å². The first-order valence-electron chi connectivity index (χ1n) is 8.33. The zero-order chi connectivity index (χ0) is 15.8. The molecular formula is C18H22N4O. The summed E-state index contributed by atoms with van der Waals surface area (Å²) in [7, 11) is 2.08. The van der Waals surface area contributed by atoms with Crippen molar-refractivity contribution in [1.29, 1.82) is 0 Å². The number of amides is 1. The Morgan fingerprint density at radius 2 is 2.13 bits per heavy atom. The average molecular weight is 310 g/mol. The molecule has 2 N–H and O–H groups in total. The first-order valence-corrected chi connectivity index (χ1v) is 8.33. The molecule has 1 amide bonds. The van der Waals surface area contributed by atoms with Crippen molar-refractivity contribution >= 4 is 5.91 Å². The quantitative estimate of drug-likeness (QED) is 0.887. The van der Waals surface area contributed by atoms with Gasteiger partial charge in [0.1, 0.15) is 0 Å². The van der Waals surface area contributed by atoms with Crippen molar-refractivity contribution in [1.82, 2.24) is 20.4 Å². The Bertz CT molecular complexity index is 736. The van der Waals surface area contributed by atoms with Crippen molar-refractivity contribution < 1.29 is 4.79 Å². The number of nitrogens with one attached hydrogen (secondary N) is 2. The van der Waals surface area contributed by atoms with Crippen LogP contribution in [0.2, 0.25) is 0 Å². The van der Waals surface area contributed by atoms with E-state index in [1.165, 1.54) is 11.1 Å². The summed E-state index contributed by atoms with van der Waals surface area (Å²) in [5, 5.41) is 10.5.